The molecule has 2 fully saturated rings. The molecule has 0 aromatic heterocycles. The molecule has 3 aliphatic carbocycles. The van der Waals surface area contributed by atoms with Crippen molar-refractivity contribution in [3.63, 3.8) is 0 Å². The largest absolute Gasteiger partial charge is 0.459 e. The number of rotatable bonds is 1. The fraction of sp³-hybridized carbons (Fsp3) is 0.727. The summed E-state index contributed by atoms with van der Waals surface area (Å²) in [4.78, 5) is 24.6. The Bertz CT molecular complexity index is 750. The number of allylic oxidation sites excluding steroid dienone is 1. The summed E-state index contributed by atoms with van der Waals surface area (Å²) in [5.41, 5.74) is -0.00497. The lowest BCUT2D eigenvalue weighted by atomic mass is 9.49. The minimum Gasteiger partial charge on any atom is -0.459 e. The van der Waals surface area contributed by atoms with Gasteiger partial charge in [0.25, 0.3) is 0 Å². The Hall–Kier alpha value is -1.50. The number of esters is 1. The average molecular weight is 392 g/mol. The lowest BCUT2D eigenvalue weighted by Crippen LogP contribution is -2.62. The first-order valence-electron chi connectivity index (χ1n) is 9.98. The Balaban J connectivity index is 2.28. The van der Waals surface area contributed by atoms with Crippen LogP contribution in [-0.4, -0.2) is 51.5 Å². The Kier molecular flexibility index (Phi) is 5.14. The van der Waals surface area contributed by atoms with Crippen molar-refractivity contribution in [2.45, 2.75) is 78.3 Å². The van der Waals surface area contributed by atoms with Gasteiger partial charge in [0.2, 0.25) is 0 Å². The SMILES string of the molecule is C=C1[C@@H](O)CC[C@@]2(C)[C@@H](OC(C)=O)[C@H](O)C3=C(C)C(=O)C[C@@H]([C@@H](O)[C@H]12)C3(C)C. The summed E-state index contributed by atoms with van der Waals surface area (Å²) in [7, 11) is 0. The van der Waals surface area contributed by atoms with Gasteiger partial charge in [0.1, 0.15) is 12.2 Å². The third kappa shape index (κ3) is 2.88. The molecular formula is C22H32O6. The molecule has 2 saturated carbocycles. The molecule has 2 bridgehead atoms. The van der Waals surface area contributed by atoms with E-state index in [0.717, 1.165) is 0 Å². The van der Waals surface area contributed by atoms with Crippen LogP contribution >= 0.6 is 0 Å². The fourth-order valence-corrected chi connectivity index (χ4v) is 6.06. The standard InChI is InChI=1S/C22H32O6/c1-10-14(24)7-8-22(6)17(10)18(26)13-9-15(25)11(2)16(21(13,4)5)19(27)20(22)28-12(3)23/h13-14,17-20,24,26-27H,1,7-9H2,2-6H3/t13-,14-,17-,18+,19+,20-,22+/m0/s1. The van der Waals surface area contributed by atoms with Crippen molar-refractivity contribution in [2.24, 2.45) is 22.7 Å². The number of aliphatic hydroxyl groups is 3. The average Bonchev–Trinajstić information content (AvgIpc) is 2.58. The molecule has 0 aliphatic heterocycles. The minimum atomic E-state index is -1.17. The summed E-state index contributed by atoms with van der Waals surface area (Å²) < 4.78 is 5.64. The number of hydrogen-bond acceptors (Lipinski definition) is 6. The van der Waals surface area contributed by atoms with E-state index in [4.69, 9.17) is 4.74 Å². The first-order chi connectivity index (χ1) is 12.8. The summed E-state index contributed by atoms with van der Waals surface area (Å²) in [5.74, 6) is -1.69. The van der Waals surface area contributed by atoms with Gasteiger partial charge >= 0.3 is 5.97 Å². The zero-order valence-electron chi connectivity index (χ0n) is 17.4. The number of Topliss-reactive ketones (excluding diaryl/α,β-unsaturated/α-hetero) is 1. The summed E-state index contributed by atoms with van der Waals surface area (Å²) >= 11 is 0. The maximum atomic E-state index is 12.7. The molecule has 0 heterocycles. The Morgan fingerprint density at radius 3 is 2.39 bits per heavy atom. The van der Waals surface area contributed by atoms with Crippen LogP contribution in [-0.2, 0) is 14.3 Å². The molecule has 7 atom stereocenters. The highest BCUT2D eigenvalue weighted by Crippen LogP contribution is 2.58. The number of carbonyl (C=O) groups excluding carboxylic acids is 2. The van der Waals surface area contributed by atoms with Crippen LogP contribution < -0.4 is 0 Å². The predicted molar refractivity (Wildman–Crippen MR) is 103 cm³/mol. The molecule has 3 N–H and O–H groups in total. The first kappa shape index (κ1) is 21.2. The maximum absolute atomic E-state index is 12.7. The summed E-state index contributed by atoms with van der Waals surface area (Å²) in [6.45, 7) is 12.7. The third-order valence-corrected chi connectivity index (χ3v) is 7.62. The van der Waals surface area contributed by atoms with E-state index in [1.807, 2.05) is 20.8 Å². The molecule has 0 spiro atoms. The lowest BCUT2D eigenvalue weighted by Gasteiger charge is -2.58. The second kappa shape index (κ2) is 6.78. The minimum absolute atomic E-state index is 0.121. The predicted octanol–water partition coefficient (Wildman–Crippen LogP) is 1.92. The molecule has 0 radical (unpaired) electrons. The van der Waals surface area contributed by atoms with E-state index < -0.39 is 53.1 Å². The molecule has 156 valence electrons. The topological polar surface area (TPSA) is 104 Å². The second-order valence-corrected chi connectivity index (χ2v) is 9.57. The molecule has 0 aromatic rings. The number of aliphatic hydroxyl groups excluding tert-OH is 3. The third-order valence-electron chi connectivity index (χ3n) is 7.62. The van der Waals surface area contributed by atoms with E-state index in [-0.39, 0.29) is 12.2 Å². The van der Waals surface area contributed by atoms with Crippen molar-refractivity contribution in [3.8, 4) is 0 Å². The molecular weight excluding hydrogens is 360 g/mol. The summed E-state index contributed by atoms with van der Waals surface area (Å²) in [5, 5.41) is 33.4. The Morgan fingerprint density at radius 2 is 1.82 bits per heavy atom. The second-order valence-electron chi connectivity index (χ2n) is 9.57. The van der Waals surface area contributed by atoms with Gasteiger partial charge in [-0.3, -0.25) is 9.59 Å². The van der Waals surface area contributed by atoms with Crippen LogP contribution in [0.25, 0.3) is 0 Å². The van der Waals surface area contributed by atoms with E-state index in [2.05, 4.69) is 6.58 Å². The van der Waals surface area contributed by atoms with Crippen LogP contribution in [0.2, 0.25) is 0 Å². The van der Waals surface area contributed by atoms with Gasteiger partial charge in [-0.2, -0.15) is 0 Å². The molecule has 3 aliphatic rings. The molecule has 0 aromatic carbocycles. The molecule has 6 nitrogen and oxygen atoms in total. The molecule has 0 saturated heterocycles. The van der Waals surface area contributed by atoms with Crippen molar-refractivity contribution in [1.82, 2.24) is 0 Å². The Morgan fingerprint density at radius 1 is 1.21 bits per heavy atom. The summed E-state index contributed by atoms with van der Waals surface area (Å²) in [6, 6.07) is 0. The summed E-state index contributed by atoms with van der Waals surface area (Å²) in [6.07, 6.45) is -2.82. The van der Waals surface area contributed by atoms with Crippen LogP contribution in [0, 0.1) is 22.7 Å². The lowest BCUT2D eigenvalue weighted by molar-refractivity contribution is -0.185. The number of ether oxygens (including phenoxy) is 1. The van der Waals surface area contributed by atoms with Gasteiger partial charge in [-0.05, 0) is 41.9 Å². The van der Waals surface area contributed by atoms with Crippen LogP contribution in [0.15, 0.2) is 23.3 Å². The first-order valence-corrected chi connectivity index (χ1v) is 9.98. The van der Waals surface area contributed by atoms with Crippen LogP contribution in [0.4, 0.5) is 0 Å². The quantitative estimate of drug-likeness (QED) is 0.465. The van der Waals surface area contributed by atoms with Gasteiger partial charge in [-0.15, -0.1) is 0 Å². The van der Waals surface area contributed by atoms with Gasteiger partial charge in [-0.1, -0.05) is 27.4 Å². The molecule has 3 rings (SSSR count). The van der Waals surface area contributed by atoms with E-state index >= 15 is 0 Å². The maximum Gasteiger partial charge on any atom is 0.303 e. The van der Waals surface area contributed by atoms with E-state index in [9.17, 15) is 24.9 Å². The van der Waals surface area contributed by atoms with E-state index in [1.54, 1.807) is 6.92 Å². The highest BCUT2D eigenvalue weighted by molar-refractivity contribution is 5.97. The van der Waals surface area contributed by atoms with Crippen molar-refractivity contribution in [3.05, 3.63) is 23.3 Å². The van der Waals surface area contributed by atoms with Crippen molar-refractivity contribution in [2.75, 3.05) is 0 Å². The monoisotopic (exact) mass is 392 g/mol. The van der Waals surface area contributed by atoms with Crippen LogP contribution in [0.5, 0.6) is 0 Å². The van der Waals surface area contributed by atoms with Crippen LogP contribution in [0.3, 0.4) is 0 Å². The fourth-order valence-electron chi connectivity index (χ4n) is 6.06. The zero-order valence-corrected chi connectivity index (χ0v) is 17.4. The van der Waals surface area contributed by atoms with Gasteiger partial charge in [0, 0.05) is 30.6 Å². The van der Waals surface area contributed by atoms with Gasteiger partial charge < -0.3 is 20.1 Å². The van der Waals surface area contributed by atoms with Crippen molar-refractivity contribution >= 4 is 11.8 Å². The van der Waals surface area contributed by atoms with E-state index in [1.165, 1.54) is 6.92 Å². The normalized spacial score (nSPS) is 43.1. The number of carbonyl (C=O) groups is 2. The van der Waals surface area contributed by atoms with Gasteiger partial charge in [-0.25, -0.2) is 0 Å². The van der Waals surface area contributed by atoms with Crippen LogP contribution in [0.1, 0.15) is 53.9 Å². The van der Waals surface area contributed by atoms with E-state index in [0.29, 0.717) is 29.6 Å². The van der Waals surface area contributed by atoms with Gasteiger partial charge in [0.05, 0.1) is 12.2 Å². The highest BCUT2D eigenvalue weighted by atomic mass is 16.6. The molecule has 6 heteroatoms. The number of fused-ring (bicyclic) bond motifs is 3. The molecule has 0 unspecified atom stereocenters. The molecule has 0 amide bonds. The number of ketones is 1. The van der Waals surface area contributed by atoms with Gasteiger partial charge in [0.15, 0.2) is 5.78 Å². The smallest absolute Gasteiger partial charge is 0.303 e. The zero-order chi connectivity index (χ0) is 21.2. The van der Waals surface area contributed by atoms with Crippen molar-refractivity contribution < 1.29 is 29.6 Å². The highest BCUT2D eigenvalue weighted by Gasteiger charge is 2.61. The molecule has 28 heavy (non-hydrogen) atoms. The number of hydrogen-bond donors (Lipinski definition) is 3. The Labute approximate surface area is 166 Å². The van der Waals surface area contributed by atoms with Crippen molar-refractivity contribution in [1.29, 1.82) is 0 Å².